The number of aromatic nitrogens is 2. The van der Waals surface area contributed by atoms with Crippen molar-refractivity contribution in [2.75, 3.05) is 25.5 Å². The highest BCUT2D eigenvalue weighted by Crippen LogP contribution is 2.46. The summed E-state index contributed by atoms with van der Waals surface area (Å²) in [5.74, 6) is 0.484. The van der Waals surface area contributed by atoms with Crippen LogP contribution in [0.1, 0.15) is 47.2 Å². The van der Waals surface area contributed by atoms with Gasteiger partial charge in [0, 0.05) is 23.2 Å². The molecule has 1 aromatic heterocycles. The number of carbonyl (C=O) groups excluding carboxylic acids is 2. The molecule has 3 amide bonds. The molecular formula is C28H30N6O2. The van der Waals surface area contributed by atoms with Crippen molar-refractivity contribution in [1.29, 1.82) is 0 Å². The van der Waals surface area contributed by atoms with Gasteiger partial charge < -0.3 is 10.6 Å². The molecule has 1 spiro atoms. The monoisotopic (exact) mass is 482 g/mol. The molecule has 6 rings (SSSR count). The van der Waals surface area contributed by atoms with Gasteiger partial charge in [-0.15, -0.1) is 0 Å². The predicted molar refractivity (Wildman–Crippen MR) is 138 cm³/mol. The standard InChI is InChI=1S/C28H30N6O2/c1-33(2)28(19-7-4-3-5-8-19)13-11-27(12-14-28)18-34(26(36)32-27)20-15-29-24(30-16-20)21-9-6-10-22-23(21)17-31-25(22)35/h3-10,15-16H,11-14,17-18H2,1-2H3,(H,31,35)(H,32,36)/t27-,28-. The third-order valence-electron chi connectivity index (χ3n) is 8.32. The van der Waals surface area contributed by atoms with E-state index in [-0.39, 0.29) is 23.0 Å². The van der Waals surface area contributed by atoms with E-state index in [0.29, 0.717) is 30.2 Å². The number of amides is 3. The van der Waals surface area contributed by atoms with Crippen LogP contribution in [0.25, 0.3) is 11.4 Å². The molecule has 8 nitrogen and oxygen atoms in total. The number of carbonyl (C=O) groups is 2. The van der Waals surface area contributed by atoms with Crippen LogP contribution in [0.15, 0.2) is 60.9 Å². The third kappa shape index (κ3) is 3.55. The fourth-order valence-corrected chi connectivity index (χ4v) is 6.15. The number of hydrogen-bond donors (Lipinski definition) is 2. The number of hydrogen-bond acceptors (Lipinski definition) is 5. The minimum absolute atomic E-state index is 0.0262. The number of urea groups is 1. The molecule has 8 heteroatoms. The summed E-state index contributed by atoms with van der Waals surface area (Å²) in [6, 6.07) is 16.2. The lowest BCUT2D eigenvalue weighted by Crippen LogP contribution is -2.54. The maximum atomic E-state index is 13.1. The summed E-state index contributed by atoms with van der Waals surface area (Å²) in [7, 11) is 4.30. The van der Waals surface area contributed by atoms with Gasteiger partial charge >= 0.3 is 6.03 Å². The molecular weight excluding hydrogens is 452 g/mol. The van der Waals surface area contributed by atoms with Crippen LogP contribution < -0.4 is 15.5 Å². The van der Waals surface area contributed by atoms with Crippen molar-refractivity contribution >= 4 is 17.6 Å². The quantitative estimate of drug-likeness (QED) is 0.592. The lowest BCUT2D eigenvalue weighted by molar-refractivity contribution is 0.0658. The Morgan fingerprint density at radius 3 is 2.28 bits per heavy atom. The Kier molecular flexibility index (Phi) is 5.30. The van der Waals surface area contributed by atoms with Gasteiger partial charge in [0.05, 0.1) is 30.2 Å². The highest BCUT2D eigenvalue weighted by molar-refractivity contribution is 6.00. The van der Waals surface area contributed by atoms with E-state index < -0.39 is 0 Å². The van der Waals surface area contributed by atoms with Gasteiger partial charge in [0.1, 0.15) is 0 Å². The molecule has 2 N–H and O–H groups in total. The van der Waals surface area contributed by atoms with Gasteiger partial charge in [0.15, 0.2) is 5.82 Å². The summed E-state index contributed by atoms with van der Waals surface area (Å²) in [5.41, 5.74) is 4.16. The summed E-state index contributed by atoms with van der Waals surface area (Å²) < 4.78 is 0. The third-order valence-corrected chi connectivity index (χ3v) is 8.32. The Morgan fingerprint density at radius 1 is 0.889 bits per heavy atom. The first-order valence-corrected chi connectivity index (χ1v) is 12.5. The Balaban J connectivity index is 1.21. The molecule has 2 aromatic carbocycles. The molecule has 184 valence electrons. The molecule has 0 atom stereocenters. The van der Waals surface area contributed by atoms with Crippen LogP contribution in [-0.4, -0.2) is 53.0 Å². The molecule has 3 heterocycles. The van der Waals surface area contributed by atoms with Crippen molar-refractivity contribution < 1.29 is 9.59 Å². The molecule has 3 aliphatic rings. The lowest BCUT2D eigenvalue weighted by Gasteiger charge is -2.48. The van der Waals surface area contributed by atoms with E-state index in [1.807, 2.05) is 18.2 Å². The molecule has 2 aliphatic heterocycles. The number of benzene rings is 2. The summed E-state index contributed by atoms with van der Waals surface area (Å²) >= 11 is 0. The average molecular weight is 483 g/mol. The van der Waals surface area contributed by atoms with E-state index in [1.54, 1.807) is 17.3 Å². The van der Waals surface area contributed by atoms with Crippen molar-refractivity contribution in [3.8, 4) is 11.4 Å². The minimum Gasteiger partial charge on any atom is -0.348 e. The van der Waals surface area contributed by atoms with Crippen LogP contribution >= 0.6 is 0 Å². The first-order chi connectivity index (χ1) is 17.4. The molecule has 1 saturated heterocycles. The zero-order valence-corrected chi connectivity index (χ0v) is 20.6. The Morgan fingerprint density at radius 2 is 1.58 bits per heavy atom. The van der Waals surface area contributed by atoms with E-state index in [0.717, 1.165) is 36.8 Å². The zero-order chi connectivity index (χ0) is 24.9. The van der Waals surface area contributed by atoms with Crippen molar-refractivity contribution in [3.05, 3.63) is 77.6 Å². The molecule has 36 heavy (non-hydrogen) atoms. The smallest absolute Gasteiger partial charge is 0.322 e. The Hall–Kier alpha value is -3.78. The maximum absolute atomic E-state index is 13.1. The first-order valence-electron chi connectivity index (χ1n) is 12.5. The van der Waals surface area contributed by atoms with Gasteiger partial charge in [-0.2, -0.15) is 0 Å². The minimum atomic E-state index is -0.254. The van der Waals surface area contributed by atoms with Gasteiger partial charge in [-0.25, -0.2) is 14.8 Å². The second-order valence-electron chi connectivity index (χ2n) is 10.4. The Labute approximate surface area is 210 Å². The van der Waals surface area contributed by atoms with E-state index in [1.165, 1.54) is 5.56 Å². The second-order valence-corrected chi connectivity index (χ2v) is 10.4. The van der Waals surface area contributed by atoms with Crippen LogP contribution in [0.4, 0.5) is 10.5 Å². The largest absolute Gasteiger partial charge is 0.348 e. The number of nitrogens with zero attached hydrogens (tertiary/aromatic N) is 4. The molecule has 0 bridgehead atoms. The van der Waals surface area contributed by atoms with E-state index in [4.69, 9.17) is 0 Å². The molecule has 1 aliphatic carbocycles. The molecule has 3 aromatic rings. The predicted octanol–water partition coefficient (Wildman–Crippen LogP) is 3.69. The fourth-order valence-electron chi connectivity index (χ4n) is 6.15. The van der Waals surface area contributed by atoms with E-state index in [2.05, 4.69) is 69.9 Å². The summed E-state index contributed by atoms with van der Waals surface area (Å²) in [6.07, 6.45) is 7.17. The number of fused-ring (bicyclic) bond motifs is 1. The number of anilines is 1. The van der Waals surface area contributed by atoms with Crippen molar-refractivity contribution in [2.45, 2.75) is 43.3 Å². The van der Waals surface area contributed by atoms with Crippen LogP contribution in [0, 0.1) is 0 Å². The SMILES string of the molecule is CN(C)[C@]1(c2ccccc2)CC[C@@]2(CC1)CN(c1cnc(-c3cccc4c3CNC4=O)nc1)C(=O)N2. The first kappa shape index (κ1) is 22.7. The van der Waals surface area contributed by atoms with Gasteiger partial charge in [0.2, 0.25) is 0 Å². The normalized spacial score (nSPS) is 25.2. The van der Waals surface area contributed by atoms with Gasteiger partial charge in [0.25, 0.3) is 5.91 Å². The van der Waals surface area contributed by atoms with Crippen molar-refractivity contribution in [1.82, 2.24) is 25.5 Å². The summed E-state index contributed by atoms with van der Waals surface area (Å²) in [6.45, 7) is 1.08. The molecule has 1 saturated carbocycles. The highest BCUT2D eigenvalue weighted by Gasteiger charge is 2.50. The number of nitrogens with one attached hydrogen (secondary N) is 2. The van der Waals surface area contributed by atoms with Crippen molar-refractivity contribution in [2.24, 2.45) is 0 Å². The lowest BCUT2D eigenvalue weighted by atomic mass is 9.69. The van der Waals surface area contributed by atoms with Crippen LogP contribution in [0.3, 0.4) is 0 Å². The summed E-state index contributed by atoms with van der Waals surface area (Å²) in [5, 5.41) is 6.15. The maximum Gasteiger partial charge on any atom is 0.322 e. The summed E-state index contributed by atoms with van der Waals surface area (Å²) in [4.78, 5) is 38.3. The molecule has 0 radical (unpaired) electrons. The van der Waals surface area contributed by atoms with Gasteiger partial charge in [-0.3, -0.25) is 14.6 Å². The highest BCUT2D eigenvalue weighted by atomic mass is 16.2. The average Bonchev–Trinajstić information content (AvgIpc) is 3.44. The van der Waals surface area contributed by atoms with Crippen LogP contribution in [0.5, 0.6) is 0 Å². The zero-order valence-electron chi connectivity index (χ0n) is 20.6. The van der Waals surface area contributed by atoms with E-state index >= 15 is 0 Å². The van der Waals surface area contributed by atoms with Crippen LogP contribution in [-0.2, 0) is 12.1 Å². The fraction of sp³-hybridized carbons (Fsp3) is 0.357. The van der Waals surface area contributed by atoms with Crippen molar-refractivity contribution in [3.63, 3.8) is 0 Å². The topological polar surface area (TPSA) is 90.5 Å². The molecule has 2 fully saturated rings. The second kappa shape index (κ2) is 8.41. The molecule has 0 unspecified atom stereocenters. The van der Waals surface area contributed by atoms with Gasteiger partial charge in [-0.05, 0) is 57.0 Å². The Bertz CT molecular complexity index is 1310. The van der Waals surface area contributed by atoms with Gasteiger partial charge in [-0.1, -0.05) is 42.5 Å². The van der Waals surface area contributed by atoms with Crippen LogP contribution in [0.2, 0.25) is 0 Å². The van der Waals surface area contributed by atoms with E-state index in [9.17, 15) is 9.59 Å². The number of rotatable bonds is 4.